The number of allylic oxidation sites excluding steroid dienone is 8. The summed E-state index contributed by atoms with van der Waals surface area (Å²) in [4.78, 5) is 11.0. The minimum absolute atomic E-state index is 0.0719. The van der Waals surface area contributed by atoms with Crippen LogP contribution in [0, 0.1) is 5.92 Å². The standard InChI is InChI=1S/C11H12O/c1-10(12)11-8-6-4-2-3-5-7-9-11/h2-9,11H,1H3/b4-2-,5-3-,8-6-,9-7-. The van der Waals surface area contributed by atoms with Crippen molar-refractivity contribution in [3.63, 3.8) is 0 Å². The fourth-order valence-corrected chi connectivity index (χ4v) is 0.959. The third-order valence-corrected chi connectivity index (χ3v) is 1.66. The molecule has 0 bridgehead atoms. The van der Waals surface area contributed by atoms with Gasteiger partial charge in [-0.25, -0.2) is 0 Å². The maximum atomic E-state index is 11.0. The van der Waals surface area contributed by atoms with Gasteiger partial charge < -0.3 is 0 Å². The summed E-state index contributed by atoms with van der Waals surface area (Å²) < 4.78 is 0. The van der Waals surface area contributed by atoms with E-state index < -0.39 is 0 Å². The Morgan fingerprint density at radius 1 is 0.917 bits per heavy atom. The van der Waals surface area contributed by atoms with Gasteiger partial charge in [-0.05, 0) is 6.92 Å². The summed E-state index contributed by atoms with van der Waals surface area (Å²) in [5, 5.41) is 0. The molecular weight excluding hydrogens is 148 g/mol. The first-order valence-electron chi connectivity index (χ1n) is 3.99. The SMILES string of the molecule is CC(=O)C1\C=C/C=C\C=C/C=C\1. The van der Waals surface area contributed by atoms with E-state index in [1.807, 2.05) is 48.6 Å². The van der Waals surface area contributed by atoms with Crippen LogP contribution >= 0.6 is 0 Å². The highest BCUT2D eigenvalue weighted by Crippen LogP contribution is 2.04. The fourth-order valence-electron chi connectivity index (χ4n) is 0.959. The Balaban J connectivity index is 2.81. The van der Waals surface area contributed by atoms with E-state index >= 15 is 0 Å². The number of hydrogen-bond acceptors (Lipinski definition) is 1. The van der Waals surface area contributed by atoms with Crippen molar-refractivity contribution in [3.05, 3.63) is 48.6 Å². The largest absolute Gasteiger partial charge is 0.299 e. The molecule has 0 aromatic heterocycles. The van der Waals surface area contributed by atoms with E-state index in [9.17, 15) is 4.79 Å². The highest BCUT2D eigenvalue weighted by atomic mass is 16.1. The molecule has 0 amide bonds. The topological polar surface area (TPSA) is 17.1 Å². The molecule has 62 valence electrons. The van der Waals surface area contributed by atoms with E-state index in [0.717, 1.165) is 0 Å². The Hall–Kier alpha value is -1.37. The van der Waals surface area contributed by atoms with Gasteiger partial charge in [-0.3, -0.25) is 4.79 Å². The van der Waals surface area contributed by atoms with Crippen molar-refractivity contribution in [1.82, 2.24) is 0 Å². The summed E-state index contributed by atoms with van der Waals surface area (Å²) in [6, 6.07) is 0. The Morgan fingerprint density at radius 3 is 1.75 bits per heavy atom. The molecule has 0 spiro atoms. The summed E-state index contributed by atoms with van der Waals surface area (Å²) in [5.41, 5.74) is 0. The van der Waals surface area contributed by atoms with Gasteiger partial charge in [0.05, 0.1) is 5.92 Å². The van der Waals surface area contributed by atoms with Crippen LogP contribution in [0.5, 0.6) is 0 Å². The third-order valence-electron chi connectivity index (χ3n) is 1.66. The zero-order valence-electron chi connectivity index (χ0n) is 7.10. The predicted octanol–water partition coefficient (Wildman–Crippen LogP) is 2.43. The minimum atomic E-state index is -0.0719. The molecule has 0 unspecified atom stereocenters. The van der Waals surface area contributed by atoms with Gasteiger partial charge in [-0.1, -0.05) is 48.6 Å². The first-order valence-corrected chi connectivity index (χ1v) is 3.99. The first kappa shape index (κ1) is 8.72. The number of Topliss-reactive ketones (excluding diaryl/α,β-unsaturated/α-hetero) is 1. The van der Waals surface area contributed by atoms with Crippen molar-refractivity contribution in [2.75, 3.05) is 0 Å². The van der Waals surface area contributed by atoms with Crippen molar-refractivity contribution in [2.45, 2.75) is 6.92 Å². The Kier molecular flexibility index (Phi) is 3.27. The van der Waals surface area contributed by atoms with Crippen molar-refractivity contribution in [3.8, 4) is 0 Å². The highest BCUT2D eigenvalue weighted by molar-refractivity contribution is 5.82. The smallest absolute Gasteiger partial charge is 0.140 e. The van der Waals surface area contributed by atoms with E-state index in [1.165, 1.54) is 0 Å². The van der Waals surface area contributed by atoms with Gasteiger partial charge in [0.25, 0.3) is 0 Å². The molecule has 0 atom stereocenters. The predicted molar refractivity (Wildman–Crippen MR) is 50.7 cm³/mol. The average molecular weight is 160 g/mol. The van der Waals surface area contributed by atoms with Crippen LogP contribution in [0.4, 0.5) is 0 Å². The van der Waals surface area contributed by atoms with Gasteiger partial charge in [0.1, 0.15) is 5.78 Å². The second-order valence-electron chi connectivity index (χ2n) is 2.68. The van der Waals surface area contributed by atoms with E-state index in [1.54, 1.807) is 6.92 Å². The van der Waals surface area contributed by atoms with Crippen LogP contribution in [-0.2, 0) is 4.79 Å². The van der Waals surface area contributed by atoms with Crippen molar-refractivity contribution in [2.24, 2.45) is 5.92 Å². The molecule has 0 saturated carbocycles. The first-order chi connectivity index (χ1) is 5.80. The normalized spacial score (nSPS) is 27.8. The Bertz CT molecular complexity index is 245. The van der Waals surface area contributed by atoms with Gasteiger partial charge in [-0.15, -0.1) is 0 Å². The zero-order chi connectivity index (χ0) is 8.81. The average Bonchev–Trinajstić information content (AvgIpc) is 2.15. The molecule has 1 rings (SSSR count). The quantitative estimate of drug-likeness (QED) is 0.575. The van der Waals surface area contributed by atoms with Crippen LogP contribution < -0.4 is 0 Å². The molecule has 1 nitrogen and oxygen atoms in total. The Morgan fingerprint density at radius 2 is 1.33 bits per heavy atom. The second-order valence-corrected chi connectivity index (χ2v) is 2.68. The molecule has 0 saturated heterocycles. The van der Waals surface area contributed by atoms with E-state index in [4.69, 9.17) is 0 Å². The van der Waals surface area contributed by atoms with Gasteiger partial charge in [0, 0.05) is 0 Å². The molecular formula is C11H12O. The third kappa shape index (κ3) is 2.70. The lowest BCUT2D eigenvalue weighted by molar-refractivity contribution is -0.118. The van der Waals surface area contributed by atoms with Crippen molar-refractivity contribution < 1.29 is 4.79 Å². The lowest BCUT2D eigenvalue weighted by Crippen LogP contribution is -2.03. The molecule has 12 heavy (non-hydrogen) atoms. The van der Waals surface area contributed by atoms with Crippen molar-refractivity contribution in [1.29, 1.82) is 0 Å². The monoisotopic (exact) mass is 160 g/mol. The molecule has 1 heteroatoms. The summed E-state index contributed by atoms with van der Waals surface area (Å²) >= 11 is 0. The zero-order valence-corrected chi connectivity index (χ0v) is 7.10. The molecule has 1 aliphatic carbocycles. The molecule has 0 fully saturated rings. The number of hydrogen-bond donors (Lipinski definition) is 0. The maximum absolute atomic E-state index is 11.0. The van der Waals surface area contributed by atoms with Crippen molar-refractivity contribution >= 4 is 5.78 Å². The summed E-state index contributed by atoms with van der Waals surface area (Å²) in [6.07, 6.45) is 15.3. The molecule has 0 heterocycles. The van der Waals surface area contributed by atoms with E-state index in [0.29, 0.717) is 0 Å². The highest BCUT2D eigenvalue weighted by Gasteiger charge is 2.04. The molecule has 0 radical (unpaired) electrons. The Labute approximate surface area is 72.8 Å². The van der Waals surface area contributed by atoms with E-state index in [2.05, 4.69) is 0 Å². The maximum Gasteiger partial charge on any atom is 0.140 e. The van der Waals surface area contributed by atoms with Gasteiger partial charge in [-0.2, -0.15) is 0 Å². The van der Waals surface area contributed by atoms with Crippen LogP contribution in [0.25, 0.3) is 0 Å². The van der Waals surface area contributed by atoms with Gasteiger partial charge in [0.2, 0.25) is 0 Å². The van der Waals surface area contributed by atoms with Crippen LogP contribution in [-0.4, -0.2) is 5.78 Å². The number of carbonyl (C=O) groups is 1. The van der Waals surface area contributed by atoms with Gasteiger partial charge in [0.15, 0.2) is 0 Å². The molecule has 0 aromatic carbocycles. The summed E-state index contributed by atoms with van der Waals surface area (Å²) in [5.74, 6) is 0.101. The lowest BCUT2D eigenvalue weighted by atomic mass is 10.0. The van der Waals surface area contributed by atoms with Crippen LogP contribution in [0.1, 0.15) is 6.92 Å². The molecule has 0 aliphatic heterocycles. The molecule has 0 N–H and O–H groups in total. The fraction of sp³-hybridized carbons (Fsp3) is 0.182. The number of carbonyl (C=O) groups excluding carboxylic acids is 1. The second kappa shape index (κ2) is 4.50. The molecule has 1 aliphatic rings. The van der Waals surface area contributed by atoms with Gasteiger partial charge >= 0.3 is 0 Å². The van der Waals surface area contributed by atoms with Crippen LogP contribution in [0.2, 0.25) is 0 Å². The minimum Gasteiger partial charge on any atom is -0.299 e. The lowest BCUT2D eigenvalue weighted by Gasteiger charge is -1.99. The summed E-state index contributed by atoms with van der Waals surface area (Å²) in [7, 11) is 0. The number of ketones is 1. The van der Waals surface area contributed by atoms with Crippen LogP contribution in [0.3, 0.4) is 0 Å². The number of rotatable bonds is 1. The summed E-state index contributed by atoms with van der Waals surface area (Å²) in [6.45, 7) is 1.60. The molecule has 0 aromatic rings. The van der Waals surface area contributed by atoms with Crippen LogP contribution in [0.15, 0.2) is 48.6 Å². The van der Waals surface area contributed by atoms with E-state index in [-0.39, 0.29) is 11.7 Å².